The van der Waals surface area contributed by atoms with Crippen LogP contribution in [0, 0.1) is 0 Å². The quantitative estimate of drug-likeness (QED) is 0.138. The van der Waals surface area contributed by atoms with E-state index in [1.807, 2.05) is 44.2 Å². The van der Waals surface area contributed by atoms with Gasteiger partial charge in [-0.15, -0.1) is 0 Å². The summed E-state index contributed by atoms with van der Waals surface area (Å²) >= 11 is 0. The van der Waals surface area contributed by atoms with Gasteiger partial charge >= 0.3 is 5.97 Å². The maximum absolute atomic E-state index is 12.2. The minimum atomic E-state index is -0.750. The van der Waals surface area contributed by atoms with Crippen molar-refractivity contribution >= 4 is 35.5 Å². The van der Waals surface area contributed by atoms with Crippen molar-refractivity contribution in [2.75, 3.05) is 11.9 Å². The fourth-order valence-electron chi connectivity index (χ4n) is 3.64. The molecule has 5 N–H and O–H groups in total. The number of ether oxygens (including phenoxy) is 1. The summed E-state index contributed by atoms with van der Waals surface area (Å²) in [6.45, 7) is 3.45. The number of anilines is 2. The van der Waals surface area contributed by atoms with Crippen molar-refractivity contribution in [3.8, 4) is 0 Å². The molecule has 1 amide bonds. The second kappa shape index (κ2) is 9.38. The second-order valence-corrected chi connectivity index (χ2v) is 8.17. The van der Waals surface area contributed by atoms with E-state index in [0.29, 0.717) is 11.3 Å². The van der Waals surface area contributed by atoms with E-state index in [4.69, 9.17) is 10.6 Å². The first-order valence-corrected chi connectivity index (χ1v) is 10.5. The molecule has 0 fully saturated rings. The lowest BCUT2D eigenvalue weighted by molar-refractivity contribution is 0.00953. The summed E-state index contributed by atoms with van der Waals surface area (Å²) in [5.74, 6) is 4.20. The zero-order chi connectivity index (χ0) is 24.3. The highest BCUT2D eigenvalue weighted by atomic mass is 16.6. The van der Waals surface area contributed by atoms with Gasteiger partial charge in [-0.2, -0.15) is 4.98 Å². The molecule has 34 heavy (non-hydrogen) atoms. The lowest BCUT2D eigenvalue weighted by atomic mass is 9.95. The number of hydrogen-bond acceptors (Lipinski definition) is 9. The van der Waals surface area contributed by atoms with Crippen molar-refractivity contribution in [2.24, 2.45) is 10.8 Å². The molecule has 0 saturated carbocycles. The molecule has 2 heterocycles. The summed E-state index contributed by atoms with van der Waals surface area (Å²) in [6.07, 6.45) is 2.83. The van der Waals surface area contributed by atoms with Gasteiger partial charge in [-0.3, -0.25) is 10.2 Å². The number of rotatable bonds is 7. The first-order chi connectivity index (χ1) is 16.3. The highest BCUT2D eigenvalue weighted by Gasteiger charge is 2.37. The van der Waals surface area contributed by atoms with E-state index < -0.39 is 17.4 Å². The lowest BCUT2D eigenvalue weighted by Gasteiger charge is -2.18. The molecule has 1 aliphatic heterocycles. The zero-order valence-electron chi connectivity index (χ0n) is 18.6. The van der Waals surface area contributed by atoms with Crippen LogP contribution in [0.1, 0.15) is 51.6 Å². The summed E-state index contributed by atoms with van der Waals surface area (Å²) in [5, 5.41) is 12.9. The second-order valence-electron chi connectivity index (χ2n) is 8.17. The molecule has 2 aromatic carbocycles. The number of aliphatic imine (C=N–C) groups is 1. The number of carbonyl (C=O) groups excluding carboxylic acids is 2. The molecule has 10 heteroatoms. The predicted octanol–water partition coefficient (Wildman–Crippen LogP) is 2.71. The molecular weight excluding hydrogens is 436 g/mol. The monoisotopic (exact) mass is 460 g/mol. The lowest BCUT2D eigenvalue weighted by Crippen LogP contribution is -2.30. The van der Waals surface area contributed by atoms with Gasteiger partial charge in [0.15, 0.2) is 5.82 Å². The number of aliphatic hydroxyl groups excluding tert-OH is 1. The number of amides is 1. The van der Waals surface area contributed by atoms with Crippen molar-refractivity contribution in [3.63, 3.8) is 0 Å². The molecule has 10 nitrogen and oxygen atoms in total. The largest absolute Gasteiger partial charge is 0.451 e. The van der Waals surface area contributed by atoms with Crippen LogP contribution in [0.5, 0.6) is 0 Å². The Morgan fingerprint density at radius 3 is 2.74 bits per heavy atom. The van der Waals surface area contributed by atoms with Crippen LogP contribution in [0.25, 0.3) is 0 Å². The van der Waals surface area contributed by atoms with E-state index in [1.54, 1.807) is 18.2 Å². The SMILES string of the molecule is CC1(C)OC(=O)c2ccc(Nc3ncc(C(=O)NN)c(/N=C\C(CO)c4ccccc4)n3)cc21. The van der Waals surface area contributed by atoms with Gasteiger partial charge in [0.2, 0.25) is 5.95 Å². The number of aliphatic hydroxyl groups is 1. The van der Waals surface area contributed by atoms with E-state index in [9.17, 15) is 14.7 Å². The summed E-state index contributed by atoms with van der Waals surface area (Å²) in [4.78, 5) is 37.2. The zero-order valence-corrected chi connectivity index (χ0v) is 18.6. The Morgan fingerprint density at radius 2 is 2.03 bits per heavy atom. The number of hydrogen-bond donors (Lipinski definition) is 4. The van der Waals surface area contributed by atoms with Crippen molar-refractivity contribution in [1.82, 2.24) is 15.4 Å². The molecule has 1 unspecified atom stereocenters. The van der Waals surface area contributed by atoms with Gasteiger partial charge in [-0.1, -0.05) is 30.3 Å². The van der Waals surface area contributed by atoms with Crippen LogP contribution in [0.2, 0.25) is 0 Å². The molecule has 0 spiro atoms. The molecule has 4 rings (SSSR count). The van der Waals surface area contributed by atoms with Gasteiger partial charge in [0.05, 0.1) is 12.2 Å². The molecule has 0 saturated heterocycles. The highest BCUT2D eigenvalue weighted by molar-refractivity contribution is 5.98. The van der Waals surface area contributed by atoms with Gasteiger partial charge in [0.1, 0.15) is 11.2 Å². The Kier molecular flexibility index (Phi) is 6.35. The Labute approximate surface area is 195 Å². The Balaban J connectivity index is 1.65. The average Bonchev–Trinajstić information content (AvgIpc) is 3.07. The van der Waals surface area contributed by atoms with Crippen molar-refractivity contribution in [2.45, 2.75) is 25.4 Å². The van der Waals surface area contributed by atoms with Gasteiger partial charge in [0, 0.05) is 29.6 Å². The maximum Gasteiger partial charge on any atom is 0.339 e. The third kappa shape index (κ3) is 4.63. The molecule has 174 valence electrons. The third-order valence-corrected chi connectivity index (χ3v) is 5.44. The van der Waals surface area contributed by atoms with E-state index in [1.165, 1.54) is 12.4 Å². The van der Waals surface area contributed by atoms with E-state index in [-0.39, 0.29) is 29.9 Å². The number of nitrogens with zero attached hydrogens (tertiary/aromatic N) is 3. The smallest absolute Gasteiger partial charge is 0.339 e. The summed E-state index contributed by atoms with van der Waals surface area (Å²) in [5.41, 5.74) is 4.13. The molecular formula is C24H24N6O4. The highest BCUT2D eigenvalue weighted by Crippen LogP contribution is 2.37. The molecule has 1 atom stereocenters. The number of nitrogens with one attached hydrogen (secondary N) is 2. The van der Waals surface area contributed by atoms with E-state index in [2.05, 4.69) is 25.7 Å². The normalized spacial score (nSPS) is 15.0. The van der Waals surface area contributed by atoms with Gasteiger partial charge in [0.25, 0.3) is 5.91 Å². The van der Waals surface area contributed by atoms with Crippen LogP contribution in [0.15, 0.2) is 59.7 Å². The number of benzene rings is 2. The average molecular weight is 460 g/mol. The molecule has 1 aromatic heterocycles. The van der Waals surface area contributed by atoms with Gasteiger partial charge in [-0.25, -0.2) is 20.6 Å². The molecule has 0 aliphatic carbocycles. The minimum absolute atomic E-state index is 0.0723. The Morgan fingerprint density at radius 1 is 1.26 bits per heavy atom. The number of cyclic esters (lactones) is 1. The number of nitrogen functional groups attached to an aromatic ring is 1. The van der Waals surface area contributed by atoms with Crippen molar-refractivity contribution in [3.05, 3.63) is 77.0 Å². The summed E-state index contributed by atoms with van der Waals surface area (Å²) in [6, 6.07) is 14.5. The van der Waals surface area contributed by atoms with Crippen LogP contribution in [-0.2, 0) is 10.3 Å². The first-order valence-electron chi connectivity index (χ1n) is 10.5. The maximum atomic E-state index is 12.2. The van der Waals surface area contributed by atoms with E-state index >= 15 is 0 Å². The Bertz CT molecular complexity index is 1260. The number of hydrazine groups is 1. The predicted molar refractivity (Wildman–Crippen MR) is 126 cm³/mol. The fourth-order valence-corrected chi connectivity index (χ4v) is 3.64. The molecule has 3 aromatic rings. The number of fused-ring (bicyclic) bond motifs is 1. The number of esters is 1. The standard InChI is InChI=1S/C24H24N6O4/c1-24(2)19-10-16(8-9-17(19)22(33)34-24)28-23-27-12-18(21(32)30-25)20(29-23)26-11-15(13-31)14-6-4-3-5-7-14/h3-12,15,31H,13,25H2,1-2H3,(H,30,32)(H,27,28,29)/b26-11-. The number of aromatic nitrogens is 2. The summed E-state index contributed by atoms with van der Waals surface area (Å²) < 4.78 is 5.41. The van der Waals surface area contributed by atoms with Crippen LogP contribution >= 0.6 is 0 Å². The van der Waals surface area contributed by atoms with Crippen LogP contribution < -0.4 is 16.6 Å². The number of nitrogens with two attached hydrogens (primary N) is 1. The van der Waals surface area contributed by atoms with Crippen LogP contribution in [-0.4, -0.2) is 39.8 Å². The minimum Gasteiger partial charge on any atom is -0.451 e. The van der Waals surface area contributed by atoms with Crippen LogP contribution in [0.3, 0.4) is 0 Å². The Hall–Kier alpha value is -4.15. The molecule has 0 radical (unpaired) electrons. The third-order valence-electron chi connectivity index (χ3n) is 5.44. The fraction of sp³-hybridized carbons (Fsp3) is 0.208. The topological polar surface area (TPSA) is 152 Å². The summed E-state index contributed by atoms with van der Waals surface area (Å²) in [7, 11) is 0. The van der Waals surface area contributed by atoms with Crippen molar-refractivity contribution in [1.29, 1.82) is 0 Å². The number of carbonyl (C=O) groups is 2. The van der Waals surface area contributed by atoms with Crippen LogP contribution in [0.4, 0.5) is 17.5 Å². The first kappa shape index (κ1) is 23.0. The van der Waals surface area contributed by atoms with Gasteiger partial charge < -0.3 is 15.2 Å². The van der Waals surface area contributed by atoms with Gasteiger partial charge in [-0.05, 0) is 37.6 Å². The molecule has 0 bridgehead atoms. The van der Waals surface area contributed by atoms with E-state index in [0.717, 1.165) is 11.1 Å². The molecule has 1 aliphatic rings. The van der Waals surface area contributed by atoms with Crippen molar-refractivity contribution < 1.29 is 19.4 Å².